The van der Waals surface area contributed by atoms with Crippen molar-refractivity contribution in [3.63, 3.8) is 0 Å². The topological polar surface area (TPSA) is 21.6 Å². The predicted octanol–water partition coefficient (Wildman–Crippen LogP) is 2.24. The molecule has 2 nitrogen and oxygen atoms in total. The Morgan fingerprint density at radius 2 is 2.27 bits per heavy atom. The van der Waals surface area contributed by atoms with Crippen LogP contribution in [0.3, 0.4) is 0 Å². The number of hydrogen-bond acceptors (Lipinski definition) is 2. The molecule has 0 heterocycles. The van der Waals surface area contributed by atoms with Crippen molar-refractivity contribution in [2.45, 2.75) is 13.3 Å². The van der Waals surface area contributed by atoms with Crippen molar-refractivity contribution < 1.29 is 4.74 Å². The molecular formula is C8H14ClNO. The minimum Gasteiger partial charge on any atom is -0.481 e. The lowest BCUT2D eigenvalue weighted by Crippen LogP contribution is -2.06. The van der Waals surface area contributed by atoms with Crippen LogP contribution in [0.15, 0.2) is 16.6 Å². The third kappa shape index (κ3) is 3.42. The zero-order chi connectivity index (χ0) is 8.69. The van der Waals surface area contributed by atoms with Gasteiger partial charge in [0.15, 0.2) is 0 Å². The molecule has 0 radical (unpaired) electrons. The van der Waals surface area contributed by atoms with Gasteiger partial charge in [-0.15, -0.1) is 11.6 Å². The van der Waals surface area contributed by atoms with Crippen LogP contribution in [0.25, 0.3) is 0 Å². The molecule has 0 aromatic carbocycles. The molecule has 0 rings (SSSR count). The van der Waals surface area contributed by atoms with E-state index in [0.717, 1.165) is 12.0 Å². The molecule has 0 atom stereocenters. The fraction of sp³-hybridized carbons (Fsp3) is 0.625. The molecule has 0 N–H and O–H groups in total. The summed E-state index contributed by atoms with van der Waals surface area (Å²) in [6.45, 7) is 2.05. The number of hydrogen-bond donors (Lipinski definition) is 0. The summed E-state index contributed by atoms with van der Waals surface area (Å²) in [5, 5.41) is 0. The first-order valence-corrected chi connectivity index (χ1v) is 4.09. The monoisotopic (exact) mass is 175 g/mol. The molecule has 0 aromatic heterocycles. The van der Waals surface area contributed by atoms with Gasteiger partial charge in [0.1, 0.15) is 0 Å². The zero-order valence-electron chi connectivity index (χ0n) is 7.22. The maximum Gasteiger partial charge on any atom is 0.212 e. The molecule has 0 spiro atoms. The Kier molecular flexibility index (Phi) is 5.94. The van der Waals surface area contributed by atoms with E-state index in [1.165, 1.54) is 0 Å². The van der Waals surface area contributed by atoms with Crippen LogP contribution in [0.4, 0.5) is 0 Å². The largest absolute Gasteiger partial charge is 0.481 e. The minimum atomic E-state index is 0.453. The van der Waals surface area contributed by atoms with E-state index in [9.17, 15) is 0 Å². The van der Waals surface area contributed by atoms with Gasteiger partial charge in [0.25, 0.3) is 0 Å². The highest BCUT2D eigenvalue weighted by Crippen LogP contribution is 2.03. The summed E-state index contributed by atoms with van der Waals surface area (Å²) in [5.74, 6) is 1.08. The van der Waals surface area contributed by atoms with Crippen LogP contribution < -0.4 is 0 Å². The van der Waals surface area contributed by atoms with E-state index in [2.05, 4.69) is 11.9 Å². The number of alkyl halides is 1. The molecule has 0 aliphatic carbocycles. The van der Waals surface area contributed by atoms with Crippen molar-refractivity contribution in [1.82, 2.24) is 0 Å². The first kappa shape index (κ1) is 10.5. The van der Waals surface area contributed by atoms with E-state index >= 15 is 0 Å². The number of allylic oxidation sites excluding steroid dienone is 1. The van der Waals surface area contributed by atoms with Crippen molar-refractivity contribution >= 4 is 17.5 Å². The van der Waals surface area contributed by atoms with E-state index in [4.69, 9.17) is 16.3 Å². The van der Waals surface area contributed by atoms with Crippen molar-refractivity contribution in [1.29, 1.82) is 0 Å². The van der Waals surface area contributed by atoms with E-state index in [-0.39, 0.29) is 0 Å². The van der Waals surface area contributed by atoms with Crippen molar-refractivity contribution in [3.05, 3.63) is 11.6 Å². The lowest BCUT2D eigenvalue weighted by atomic mass is 10.2. The summed E-state index contributed by atoms with van der Waals surface area (Å²) in [7, 11) is 3.28. The van der Waals surface area contributed by atoms with E-state index in [1.54, 1.807) is 14.2 Å². The Balaban J connectivity index is 4.35. The van der Waals surface area contributed by atoms with E-state index < -0.39 is 0 Å². The van der Waals surface area contributed by atoms with Crippen LogP contribution in [0.5, 0.6) is 0 Å². The van der Waals surface area contributed by atoms with Crippen LogP contribution in [0.1, 0.15) is 13.3 Å². The van der Waals surface area contributed by atoms with Gasteiger partial charge >= 0.3 is 0 Å². The standard InChI is InChI=1S/C8H14ClNO/c1-4-5-7(6-9)8(10-2)11-3/h5H,4,6H2,1-3H3/b7-5-,10-8?. The molecule has 0 aliphatic rings. The van der Waals surface area contributed by atoms with Gasteiger partial charge < -0.3 is 4.74 Å². The molecule has 0 saturated carbocycles. The summed E-state index contributed by atoms with van der Waals surface area (Å²) in [4.78, 5) is 3.94. The highest BCUT2D eigenvalue weighted by molar-refractivity contribution is 6.22. The van der Waals surface area contributed by atoms with Gasteiger partial charge in [-0.2, -0.15) is 0 Å². The van der Waals surface area contributed by atoms with Gasteiger partial charge in [-0.25, -0.2) is 0 Å². The summed E-state index contributed by atoms with van der Waals surface area (Å²) in [6.07, 6.45) is 2.96. The Bertz CT molecular complexity index is 163. The fourth-order valence-electron chi connectivity index (χ4n) is 0.811. The van der Waals surface area contributed by atoms with Crippen LogP contribution >= 0.6 is 11.6 Å². The summed E-state index contributed by atoms with van der Waals surface area (Å²) < 4.78 is 5.00. The van der Waals surface area contributed by atoms with E-state index in [0.29, 0.717) is 11.8 Å². The van der Waals surface area contributed by atoms with Crippen LogP contribution in [0, 0.1) is 0 Å². The Hall–Kier alpha value is -0.500. The molecule has 0 unspecified atom stereocenters. The third-order valence-electron chi connectivity index (χ3n) is 1.27. The summed E-state index contributed by atoms with van der Waals surface area (Å²) in [5.41, 5.74) is 0.958. The van der Waals surface area contributed by atoms with Crippen molar-refractivity contribution in [2.24, 2.45) is 4.99 Å². The number of aliphatic imine (C=N–C) groups is 1. The maximum absolute atomic E-state index is 5.67. The second-order valence-electron chi connectivity index (χ2n) is 2.00. The van der Waals surface area contributed by atoms with Gasteiger partial charge in [0.2, 0.25) is 5.90 Å². The van der Waals surface area contributed by atoms with Crippen molar-refractivity contribution in [2.75, 3.05) is 20.0 Å². The molecule has 0 fully saturated rings. The molecule has 0 bridgehead atoms. The minimum absolute atomic E-state index is 0.453. The Morgan fingerprint density at radius 1 is 1.64 bits per heavy atom. The normalized spacial score (nSPS) is 13.5. The van der Waals surface area contributed by atoms with Gasteiger partial charge in [0.05, 0.1) is 13.0 Å². The van der Waals surface area contributed by atoms with Crippen molar-refractivity contribution in [3.8, 4) is 0 Å². The smallest absolute Gasteiger partial charge is 0.212 e. The quantitative estimate of drug-likeness (QED) is 0.366. The van der Waals surface area contributed by atoms with Gasteiger partial charge in [-0.3, -0.25) is 4.99 Å². The average Bonchev–Trinajstić information content (AvgIpc) is 2.05. The SMILES string of the molecule is CC/C=C(/CCl)C(=NC)OC. The molecule has 64 valence electrons. The number of rotatable bonds is 3. The highest BCUT2D eigenvalue weighted by Gasteiger charge is 2.02. The molecule has 0 saturated heterocycles. The first-order chi connectivity index (χ1) is 5.29. The lowest BCUT2D eigenvalue weighted by Gasteiger charge is -2.04. The molecular weight excluding hydrogens is 162 g/mol. The fourth-order valence-corrected chi connectivity index (χ4v) is 1.03. The first-order valence-electron chi connectivity index (χ1n) is 3.56. The summed E-state index contributed by atoms with van der Waals surface area (Å²) >= 11 is 5.67. The van der Waals surface area contributed by atoms with Gasteiger partial charge in [-0.1, -0.05) is 13.0 Å². The maximum atomic E-state index is 5.67. The lowest BCUT2D eigenvalue weighted by molar-refractivity contribution is 0.402. The van der Waals surface area contributed by atoms with E-state index in [1.807, 2.05) is 6.08 Å². The molecule has 3 heteroatoms. The number of ether oxygens (including phenoxy) is 1. The molecule has 0 amide bonds. The van der Waals surface area contributed by atoms with Crippen LogP contribution in [-0.4, -0.2) is 25.9 Å². The average molecular weight is 176 g/mol. The molecule has 0 aliphatic heterocycles. The highest BCUT2D eigenvalue weighted by atomic mass is 35.5. The Labute approximate surface area is 72.9 Å². The Morgan fingerprint density at radius 3 is 2.55 bits per heavy atom. The zero-order valence-corrected chi connectivity index (χ0v) is 7.98. The van der Waals surface area contributed by atoms with Crippen LogP contribution in [0.2, 0.25) is 0 Å². The molecule has 0 aromatic rings. The summed E-state index contributed by atoms with van der Waals surface area (Å²) in [6, 6.07) is 0. The predicted molar refractivity (Wildman–Crippen MR) is 49.5 cm³/mol. The van der Waals surface area contributed by atoms with Gasteiger partial charge in [-0.05, 0) is 6.42 Å². The number of nitrogens with zero attached hydrogens (tertiary/aromatic N) is 1. The molecule has 11 heavy (non-hydrogen) atoms. The van der Waals surface area contributed by atoms with Gasteiger partial charge in [0, 0.05) is 12.6 Å². The number of halogens is 1. The number of methoxy groups -OCH3 is 1. The second-order valence-corrected chi connectivity index (χ2v) is 2.27. The third-order valence-corrected chi connectivity index (χ3v) is 1.55. The second kappa shape index (κ2) is 6.23. The van der Waals surface area contributed by atoms with Crippen LogP contribution in [-0.2, 0) is 4.74 Å².